The first-order valence-corrected chi connectivity index (χ1v) is 5.30. The molecule has 0 spiro atoms. The monoisotopic (exact) mass is 211 g/mol. The van der Waals surface area contributed by atoms with Crippen LogP contribution < -0.4 is 5.32 Å². The molecule has 1 fully saturated rings. The predicted molar refractivity (Wildman–Crippen MR) is 54.3 cm³/mol. The van der Waals surface area contributed by atoms with Gasteiger partial charge in [0.2, 0.25) is 5.89 Å². The summed E-state index contributed by atoms with van der Waals surface area (Å²) in [4.78, 5) is 4.15. The van der Waals surface area contributed by atoms with Gasteiger partial charge in [-0.3, -0.25) is 0 Å². The van der Waals surface area contributed by atoms with E-state index in [1.54, 1.807) is 6.92 Å². The summed E-state index contributed by atoms with van der Waals surface area (Å²) < 4.78 is 10.4. The predicted octanol–water partition coefficient (Wildman–Crippen LogP) is 1.04. The van der Waals surface area contributed by atoms with Crippen LogP contribution in [-0.4, -0.2) is 28.9 Å². The molecule has 5 nitrogen and oxygen atoms in total. The Bertz CT molecular complexity index is 318. The Balaban J connectivity index is 1.86. The van der Waals surface area contributed by atoms with E-state index in [-0.39, 0.29) is 5.54 Å². The average molecular weight is 211 g/mol. The summed E-state index contributed by atoms with van der Waals surface area (Å²) in [6.07, 6.45) is 2.23. The Hall–Kier alpha value is -0.940. The van der Waals surface area contributed by atoms with Crippen molar-refractivity contribution in [3.63, 3.8) is 0 Å². The van der Waals surface area contributed by atoms with Crippen LogP contribution in [-0.2, 0) is 11.3 Å². The first-order valence-electron chi connectivity index (χ1n) is 5.30. The molecule has 84 valence electrons. The molecule has 0 bridgehead atoms. The topological polar surface area (TPSA) is 60.2 Å². The van der Waals surface area contributed by atoms with Crippen molar-refractivity contribution in [2.45, 2.75) is 38.8 Å². The molecule has 1 aromatic heterocycles. The van der Waals surface area contributed by atoms with E-state index in [0.29, 0.717) is 18.3 Å². The molecular formula is C10H17N3O2. The number of nitrogens with zero attached hydrogens (tertiary/aromatic N) is 2. The van der Waals surface area contributed by atoms with E-state index in [1.807, 2.05) is 0 Å². The van der Waals surface area contributed by atoms with Crippen molar-refractivity contribution in [1.82, 2.24) is 15.5 Å². The van der Waals surface area contributed by atoms with E-state index >= 15 is 0 Å². The van der Waals surface area contributed by atoms with Crippen molar-refractivity contribution in [1.29, 1.82) is 0 Å². The van der Waals surface area contributed by atoms with Crippen molar-refractivity contribution in [2.24, 2.45) is 0 Å². The molecule has 1 N–H and O–H groups in total. The van der Waals surface area contributed by atoms with Crippen LogP contribution in [0.15, 0.2) is 4.52 Å². The Morgan fingerprint density at radius 3 is 3.00 bits per heavy atom. The fourth-order valence-corrected chi connectivity index (χ4v) is 1.78. The summed E-state index contributed by atoms with van der Waals surface area (Å²) in [6.45, 7) is 6.22. The summed E-state index contributed by atoms with van der Waals surface area (Å²) in [5.41, 5.74) is 0.0484. The van der Waals surface area contributed by atoms with Crippen LogP contribution >= 0.6 is 0 Å². The molecular weight excluding hydrogens is 194 g/mol. The number of hydrogen-bond acceptors (Lipinski definition) is 5. The Kier molecular flexibility index (Phi) is 3.02. The molecule has 1 saturated heterocycles. The minimum atomic E-state index is 0.0484. The van der Waals surface area contributed by atoms with Gasteiger partial charge in [-0.05, 0) is 19.8 Å². The second-order valence-corrected chi connectivity index (χ2v) is 4.30. The number of hydrogen-bond donors (Lipinski definition) is 1. The molecule has 2 heterocycles. The number of nitrogens with one attached hydrogen (secondary N) is 1. The van der Waals surface area contributed by atoms with Crippen LogP contribution in [0.3, 0.4) is 0 Å². The number of aromatic nitrogens is 2. The van der Waals surface area contributed by atoms with Crippen LogP contribution in [0.25, 0.3) is 0 Å². The first kappa shape index (κ1) is 10.6. The number of aryl methyl sites for hydroxylation is 1. The lowest BCUT2D eigenvalue weighted by atomic mass is 9.95. The van der Waals surface area contributed by atoms with Crippen LogP contribution in [0, 0.1) is 6.92 Å². The summed E-state index contributed by atoms with van der Waals surface area (Å²) in [5.74, 6) is 1.32. The van der Waals surface area contributed by atoms with Gasteiger partial charge in [-0.15, -0.1) is 0 Å². The van der Waals surface area contributed by atoms with E-state index < -0.39 is 0 Å². The van der Waals surface area contributed by atoms with E-state index in [0.717, 1.165) is 26.1 Å². The minimum absolute atomic E-state index is 0.0484. The van der Waals surface area contributed by atoms with Crippen molar-refractivity contribution in [3.05, 3.63) is 11.7 Å². The number of ether oxygens (including phenoxy) is 1. The summed E-state index contributed by atoms with van der Waals surface area (Å²) in [6, 6.07) is 0. The van der Waals surface area contributed by atoms with Gasteiger partial charge in [-0.1, -0.05) is 5.16 Å². The normalized spacial score (nSPS) is 26.8. The third-order valence-electron chi connectivity index (χ3n) is 2.68. The summed E-state index contributed by atoms with van der Waals surface area (Å²) >= 11 is 0. The zero-order valence-electron chi connectivity index (χ0n) is 9.25. The second kappa shape index (κ2) is 4.28. The highest BCUT2D eigenvalue weighted by atomic mass is 16.5. The molecule has 0 aliphatic carbocycles. The molecule has 15 heavy (non-hydrogen) atoms. The maximum absolute atomic E-state index is 5.45. The molecule has 0 radical (unpaired) electrons. The lowest BCUT2D eigenvalue weighted by molar-refractivity contribution is 0.0274. The molecule has 5 heteroatoms. The van der Waals surface area contributed by atoms with Gasteiger partial charge in [0.05, 0.1) is 13.2 Å². The lowest BCUT2D eigenvalue weighted by Gasteiger charge is -2.34. The van der Waals surface area contributed by atoms with Gasteiger partial charge in [-0.25, -0.2) is 0 Å². The van der Waals surface area contributed by atoms with Gasteiger partial charge in [0.15, 0.2) is 5.82 Å². The molecule has 1 aromatic rings. The quantitative estimate of drug-likeness (QED) is 0.809. The zero-order chi connectivity index (χ0) is 10.7. The first-order chi connectivity index (χ1) is 7.18. The molecule has 0 saturated carbocycles. The molecule has 1 unspecified atom stereocenters. The Labute approximate surface area is 89.2 Å². The highest BCUT2D eigenvalue weighted by Crippen LogP contribution is 2.18. The van der Waals surface area contributed by atoms with Crippen molar-refractivity contribution in [3.8, 4) is 0 Å². The minimum Gasteiger partial charge on any atom is -0.380 e. The maximum Gasteiger partial charge on any atom is 0.223 e. The Morgan fingerprint density at radius 1 is 1.53 bits per heavy atom. The van der Waals surface area contributed by atoms with Crippen LogP contribution in [0.2, 0.25) is 0 Å². The highest BCUT2D eigenvalue weighted by Gasteiger charge is 2.27. The molecule has 0 amide bonds. The summed E-state index contributed by atoms with van der Waals surface area (Å²) in [7, 11) is 0. The van der Waals surface area contributed by atoms with Gasteiger partial charge in [0.1, 0.15) is 0 Å². The van der Waals surface area contributed by atoms with Gasteiger partial charge in [-0.2, -0.15) is 4.98 Å². The van der Waals surface area contributed by atoms with E-state index in [2.05, 4.69) is 22.4 Å². The van der Waals surface area contributed by atoms with E-state index in [9.17, 15) is 0 Å². The molecule has 0 aromatic carbocycles. The largest absolute Gasteiger partial charge is 0.380 e. The van der Waals surface area contributed by atoms with Gasteiger partial charge in [0, 0.05) is 19.1 Å². The van der Waals surface area contributed by atoms with Gasteiger partial charge >= 0.3 is 0 Å². The fraction of sp³-hybridized carbons (Fsp3) is 0.800. The Morgan fingerprint density at radius 2 is 2.40 bits per heavy atom. The molecule has 1 atom stereocenters. The van der Waals surface area contributed by atoms with Gasteiger partial charge in [0.25, 0.3) is 0 Å². The maximum atomic E-state index is 5.45. The SMILES string of the molecule is Cc1nc(CNC2(C)CCCOC2)no1. The van der Waals surface area contributed by atoms with Crippen LogP contribution in [0.1, 0.15) is 31.5 Å². The zero-order valence-corrected chi connectivity index (χ0v) is 9.25. The summed E-state index contributed by atoms with van der Waals surface area (Å²) in [5, 5.41) is 7.26. The highest BCUT2D eigenvalue weighted by molar-refractivity contribution is 4.90. The fourth-order valence-electron chi connectivity index (χ4n) is 1.78. The van der Waals surface area contributed by atoms with Crippen molar-refractivity contribution in [2.75, 3.05) is 13.2 Å². The standard InChI is InChI=1S/C10H17N3O2/c1-8-12-9(13-15-8)6-11-10(2)4-3-5-14-7-10/h11H,3-7H2,1-2H3. The van der Waals surface area contributed by atoms with E-state index in [4.69, 9.17) is 9.26 Å². The second-order valence-electron chi connectivity index (χ2n) is 4.30. The van der Waals surface area contributed by atoms with E-state index in [1.165, 1.54) is 0 Å². The molecule has 1 aliphatic heterocycles. The smallest absolute Gasteiger partial charge is 0.223 e. The third kappa shape index (κ3) is 2.76. The third-order valence-corrected chi connectivity index (χ3v) is 2.68. The number of rotatable bonds is 3. The van der Waals surface area contributed by atoms with Crippen molar-refractivity contribution < 1.29 is 9.26 Å². The molecule has 2 rings (SSSR count). The molecule has 1 aliphatic rings. The van der Waals surface area contributed by atoms with Crippen LogP contribution in [0.5, 0.6) is 0 Å². The van der Waals surface area contributed by atoms with Crippen molar-refractivity contribution >= 4 is 0 Å². The lowest BCUT2D eigenvalue weighted by Crippen LogP contribution is -2.48. The van der Waals surface area contributed by atoms with Gasteiger partial charge < -0.3 is 14.6 Å². The van der Waals surface area contributed by atoms with Crippen LogP contribution in [0.4, 0.5) is 0 Å². The average Bonchev–Trinajstić information content (AvgIpc) is 2.63.